The second kappa shape index (κ2) is 4.94. The van der Waals surface area contributed by atoms with Gasteiger partial charge in [-0.05, 0) is 6.07 Å². The van der Waals surface area contributed by atoms with Crippen LogP contribution >= 0.6 is 11.3 Å². The summed E-state index contributed by atoms with van der Waals surface area (Å²) in [6, 6.07) is 7.77. The van der Waals surface area contributed by atoms with Gasteiger partial charge < -0.3 is 10.6 Å². The molecule has 1 amide bonds. The zero-order valence-corrected chi connectivity index (χ0v) is 11.9. The Morgan fingerprint density at radius 2 is 1.95 bits per heavy atom. The van der Waals surface area contributed by atoms with Crippen LogP contribution in [0, 0.1) is 0 Å². The molecule has 0 radical (unpaired) electrons. The number of rotatable bonds is 1. The van der Waals surface area contributed by atoms with E-state index in [2.05, 4.69) is 0 Å². The Hall–Kier alpha value is -1.40. The van der Waals surface area contributed by atoms with Crippen molar-refractivity contribution in [2.24, 2.45) is 0 Å². The van der Waals surface area contributed by atoms with E-state index < -0.39 is 10.8 Å². The van der Waals surface area contributed by atoms with Gasteiger partial charge in [0.05, 0.1) is 5.69 Å². The molecule has 2 aromatic rings. The van der Waals surface area contributed by atoms with Crippen LogP contribution in [0.3, 0.4) is 0 Å². The fourth-order valence-corrected chi connectivity index (χ4v) is 4.35. The number of nitrogen functional groups attached to an aromatic ring is 1. The summed E-state index contributed by atoms with van der Waals surface area (Å²) in [5.41, 5.74) is 6.64. The maximum Gasteiger partial charge on any atom is 0.266 e. The SMILES string of the molecule is Nc1c(C(=O)N2CCS(=O)CC2)sc2ccccc12. The van der Waals surface area contributed by atoms with Crippen molar-refractivity contribution in [3.05, 3.63) is 29.1 Å². The highest BCUT2D eigenvalue weighted by Crippen LogP contribution is 2.34. The van der Waals surface area contributed by atoms with Crippen LogP contribution in [-0.2, 0) is 10.8 Å². The molecule has 1 aliphatic heterocycles. The molecule has 0 unspecified atom stereocenters. The molecule has 4 nitrogen and oxygen atoms in total. The molecule has 2 heterocycles. The van der Waals surface area contributed by atoms with E-state index >= 15 is 0 Å². The van der Waals surface area contributed by atoms with Crippen molar-refractivity contribution in [3.63, 3.8) is 0 Å². The van der Waals surface area contributed by atoms with Gasteiger partial charge in [-0.3, -0.25) is 9.00 Å². The third-order valence-corrected chi connectivity index (χ3v) is 5.74. The summed E-state index contributed by atoms with van der Waals surface area (Å²) < 4.78 is 12.4. The molecule has 6 heteroatoms. The van der Waals surface area contributed by atoms with Gasteiger partial charge >= 0.3 is 0 Å². The van der Waals surface area contributed by atoms with E-state index in [0.717, 1.165) is 10.1 Å². The van der Waals surface area contributed by atoms with Crippen LogP contribution in [0.2, 0.25) is 0 Å². The van der Waals surface area contributed by atoms with Gasteiger partial charge in [0.25, 0.3) is 5.91 Å². The van der Waals surface area contributed by atoms with Crippen LogP contribution in [0.15, 0.2) is 24.3 Å². The van der Waals surface area contributed by atoms with Crippen LogP contribution in [0.5, 0.6) is 0 Å². The first-order valence-electron chi connectivity index (χ1n) is 6.08. The Bertz CT molecular complexity index is 656. The average molecular weight is 294 g/mol. The highest BCUT2D eigenvalue weighted by Gasteiger charge is 2.25. The van der Waals surface area contributed by atoms with Crippen molar-refractivity contribution in [2.45, 2.75) is 0 Å². The first-order chi connectivity index (χ1) is 9.16. The molecule has 1 aromatic heterocycles. The number of benzene rings is 1. The molecule has 0 atom stereocenters. The number of carbonyl (C=O) groups excluding carboxylic acids is 1. The summed E-state index contributed by atoms with van der Waals surface area (Å²) in [7, 11) is -0.776. The number of hydrogen-bond donors (Lipinski definition) is 1. The smallest absolute Gasteiger partial charge is 0.266 e. The molecule has 3 rings (SSSR count). The molecule has 0 saturated carbocycles. The number of hydrogen-bond acceptors (Lipinski definition) is 4. The topological polar surface area (TPSA) is 63.4 Å². The number of thiophene rings is 1. The van der Waals surface area contributed by atoms with Crippen molar-refractivity contribution in [2.75, 3.05) is 30.3 Å². The number of carbonyl (C=O) groups is 1. The van der Waals surface area contributed by atoms with Crippen molar-refractivity contribution in [1.82, 2.24) is 4.90 Å². The van der Waals surface area contributed by atoms with E-state index in [1.54, 1.807) is 4.90 Å². The average Bonchev–Trinajstić information content (AvgIpc) is 2.77. The van der Waals surface area contributed by atoms with Crippen molar-refractivity contribution in [3.8, 4) is 0 Å². The number of amides is 1. The van der Waals surface area contributed by atoms with Gasteiger partial charge in [0.15, 0.2) is 0 Å². The highest BCUT2D eigenvalue weighted by atomic mass is 32.2. The first-order valence-corrected chi connectivity index (χ1v) is 8.38. The Morgan fingerprint density at radius 3 is 2.63 bits per heavy atom. The lowest BCUT2D eigenvalue weighted by Gasteiger charge is -2.25. The lowest BCUT2D eigenvalue weighted by molar-refractivity contribution is 0.0777. The molecule has 19 heavy (non-hydrogen) atoms. The molecule has 1 saturated heterocycles. The Balaban J connectivity index is 1.93. The van der Waals surface area contributed by atoms with Gasteiger partial charge in [-0.15, -0.1) is 11.3 Å². The van der Waals surface area contributed by atoms with Gasteiger partial charge in [0.2, 0.25) is 0 Å². The maximum absolute atomic E-state index is 12.5. The van der Waals surface area contributed by atoms with Crippen molar-refractivity contribution < 1.29 is 9.00 Å². The molecule has 1 fully saturated rings. The number of nitrogens with two attached hydrogens (primary N) is 1. The molecule has 1 aliphatic rings. The quantitative estimate of drug-likeness (QED) is 0.870. The minimum atomic E-state index is -0.776. The first kappa shape index (κ1) is 12.6. The van der Waals surface area contributed by atoms with Gasteiger partial charge in [-0.2, -0.15) is 0 Å². The molecule has 0 aliphatic carbocycles. The van der Waals surface area contributed by atoms with Crippen LogP contribution in [0.4, 0.5) is 5.69 Å². The zero-order chi connectivity index (χ0) is 13.4. The Kier molecular flexibility index (Phi) is 3.28. The standard InChI is InChI=1S/C13H14N2O2S2/c14-11-9-3-1-2-4-10(9)18-12(11)13(16)15-5-7-19(17)8-6-15/h1-4H,5-8,14H2. The van der Waals surface area contributed by atoms with Crippen LogP contribution < -0.4 is 5.73 Å². The van der Waals surface area contributed by atoms with Crippen molar-refractivity contribution in [1.29, 1.82) is 0 Å². The number of anilines is 1. The van der Waals surface area contributed by atoms with E-state index in [1.807, 2.05) is 24.3 Å². The summed E-state index contributed by atoms with van der Waals surface area (Å²) in [6.07, 6.45) is 0. The van der Waals surface area contributed by atoms with Crippen LogP contribution in [-0.4, -0.2) is 39.6 Å². The van der Waals surface area contributed by atoms with E-state index in [9.17, 15) is 9.00 Å². The van der Waals surface area contributed by atoms with Crippen molar-refractivity contribution >= 4 is 43.8 Å². The zero-order valence-electron chi connectivity index (χ0n) is 10.3. The summed E-state index contributed by atoms with van der Waals surface area (Å²) in [4.78, 5) is 14.8. The fourth-order valence-electron chi connectivity index (χ4n) is 2.21. The molecular formula is C13H14N2O2S2. The summed E-state index contributed by atoms with van der Waals surface area (Å²) in [6.45, 7) is 1.11. The monoisotopic (exact) mass is 294 g/mol. The molecule has 100 valence electrons. The maximum atomic E-state index is 12.5. The summed E-state index contributed by atoms with van der Waals surface area (Å²) >= 11 is 1.43. The normalized spacial score (nSPS) is 16.9. The second-order valence-electron chi connectivity index (χ2n) is 4.48. The minimum Gasteiger partial charge on any atom is -0.397 e. The lowest BCUT2D eigenvalue weighted by atomic mass is 10.2. The Morgan fingerprint density at radius 1 is 1.26 bits per heavy atom. The fraction of sp³-hybridized carbons (Fsp3) is 0.308. The predicted molar refractivity (Wildman–Crippen MR) is 80.0 cm³/mol. The molecular weight excluding hydrogens is 280 g/mol. The lowest BCUT2D eigenvalue weighted by Crippen LogP contribution is -2.41. The van der Waals surface area contributed by atoms with E-state index in [1.165, 1.54) is 11.3 Å². The predicted octanol–water partition coefficient (Wildman–Crippen LogP) is 1.69. The minimum absolute atomic E-state index is 0.0320. The van der Waals surface area contributed by atoms with E-state index in [4.69, 9.17) is 5.73 Å². The van der Waals surface area contributed by atoms with Crippen LogP contribution in [0.25, 0.3) is 10.1 Å². The highest BCUT2D eigenvalue weighted by molar-refractivity contribution is 7.85. The summed E-state index contributed by atoms with van der Waals surface area (Å²) in [5, 5.41) is 0.941. The van der Waals surface area contributed by atoms with Gasteiger partial charge in [0, 0.05) is 45.5 Å². The molecule has 2 N–H and O–H groups in total. The van der Waals surface area contributed by atoms with Gasteiger partial charge in [-0.1, -0.05) is 18.2 Å². The van der Waals surface area contributed by atoms with E-state index in [0.29, 0.717) is 35.2 Å². The van der Waals surface area contributed by atoms with Gasteiger partial charge in [0.1, 0.15) is 4.88 Å². The number of fused-ring (bicyclic) bond motifs is 1. The molecule has 0 bridgehead atoms. The Labute approximate surface area is 117 Å². The van der Waals surface area contributed by atoms with Gasteiger partial charge in [-0.25, -0.2) is 0 Å². The molecule has 0 spiro atoms. The largest absolute Gasteiger partial charge is 0.397 e. The molecule has 1 aromatic carbocycles. The number of nitrogens with zero attached hydrogens (tertiary/aromatic N) is 1. The second-order valence-corrected chi connectivity index (χ2v) is 7.23. The summed E-state index contributed by atoms with van der Waals surface area (Å²) in [5.74, 6) is 1.10. The van der Waals surface area contributed by atoms with Crippen LogP contribution in [0.1, 0.15) is 9.67 Å². The third kappa shape index (κ3) is 2.26. The third-order valence-electron chi connectivity index (χ3n) is 3.29. The van der Waals surface area contributed by atoms with E-state index in [-0.39, 0.29) is 5.91 Å².